The number of benzene rings is 1. The zero-order valence-corrected chi connectivity index (χ0v) is 13.7. The molecule has 1 heterocycles. The molecule has 2 rings (SSSR count). The number of hydrogen-bond donors (Lipinski definition) is 0. The SMILES string of the molecule is CC(C)c1nccn1S(=O)(=O)c1cc(Cl)c(Cl)cc1Cl. The summed E-state index contributed by atoms with van der Waals surface area (Å²) in [5.74, 6) is 0.369. The third kappa shape index (κ3) is 2.68. The first-order valence-electron chi connectivity index (χ1n) is 5.68. The first-order chi connectivity index (χ1) is 9.25. The Balaban J connectivity index is 2.67. The maximum absolute atomic E-state index is 12.6. The van der Waals surface area contributed by atoms with E-state index < -0.39 is 10.0 Å². The van der Waals surface area contributed by atoms with Gasteiger partial charge in [-0.25, -0.2) is 17.4 Å². The van der Waals surface area contributed by atoms with Crippen LogP contribution in [0.1, 0.15) is 25.6 Å². The molecule has 0 aliphatic heterocycles. The summed E-state index contributed by atoms with van der Waals surface area (Å²) in [5, 5.41) is 0.342. The van der Waals surface area contributed by atoms with E-state index in [-0.39, 0.29) is 25.9 Å². The van der Waals surface area contributed by atoms with Gasteiger partial charge in [0.15, 0.2) is 0 Å². The molecular formula is C12H11Cl3N2O2S. The minimum atomic E-state index is -3.86. The molecule has 0 amide bonds. The van der Waals surface area contributed by atoms with Crippen molar-refractivity contribution in [2.45, 2.75) is 24.7 Å². The first kappa shape index (κ1) is 15.6. The highest BCUT2D eigenvalue weighted by Crippen LogP contribution is 2.33. The van der Waals surface area contributed by atoms with Crippen molar-refractivity contribution in [1.82, 2.24) is 8.96 Å². The average Bonchev–Trinajstić information content (AvgIpc) is 2.83. The lowest BCUT2D eigenvalue weighted by Crippen LogP contribution is -2.16. The van der Waals surface area contributed by atoms with Crippen molar-refractivity contribution in [3.8, 4) is 0 Å². The predicted octanol–water partition coefficient (Wildman–Crippen LogP) is 4.20. The van der Waals surface area contributed by atoms with Crippen molar-refractivity contribution in [1.29, 1.82) is 0 Å². The van der Waals surface area contributed by atoms with E-state index in [1.165, 1.54) is 24.5 Å². The minimum Gasteiger partial charge on any atom is -0.240 e. The summed E-state index contributed by atoms with van der Waals surface area (Å²) < 4.78 is 26.4. The minimum absolute atomic E-state index is 0.0165. The van der Waals surface area contributed by atoms with Crippen molar-refractivity contribution < 1.29 is 8.42 Å². The lowest BCUT2D eigenvalue weighted by atomic mass is 10.2. The highest BCUT2D eigenvalue weighted by molar-refractivity contribution is 7.90. The molecular weight excluding hydrogens is 343 g/mol. The van der Waals surface area contributed by atoms with Gasteiger partial charge in [0.2, 0.25) is 0 Å². The third-order valence-corrected chi connectivity index (χ3v) is 5.53. The van der Waals surface area contributed by atoms with Gasteiger partial charge in [0.25, 0.3) is 10.0 Å². The molecule has 0 atom stereocenters. The van der Waals surface area contributed by atoms with E-state index in [0.29, 0.717) is 5.82 Å². The van der Waals surface area contributed by atoms with E-state index in [1.54, 1.807) is 0 Å². The predicted molar refractivity (Wildman–Crippen MR) is 80.4 cm³/mol. The molecule has 0 saturated carbocycles. The fourth-order valence-electron chi connectivity index (χ4n) is 1.72. The van der Waals surface area contributed by atoms with Gasteiger partial charge < -0.3 is 0 Å². The van der Waals surface area contributed by atoms with Gasteiger partial charge in [0.05, 0.1) is 15.1 Å². The maximum atomic E-state index is 12.6. The third-order valence-electron chi connectivity index (χ3n) is 2.66. The maximum Gasteiger partial charge on any atom is 0.270 e. The van der Waals surface area contributed by atoms with E-state index in [4.69, 9.17) is 34.8 Å². The Bertz CT molecular complexity index is 754. The molecule has 0 aliphatic carbocycles. The number of imidazole rings is 1. The van der Waals surface area contributed by atoms with Crippen molar-refractivity contribution in [2.24, 2.45) is 0 Å². The normalized spacial score (nSPS) is 12.1. The molecule has 108 valence electrons. The molecule has 20 heavy (non-hydrogen) atoms. The molecule has 1 aromatic heterocycles. The monoisotopic (exact) mass is 352 g/mol. The second-order valence-corrected chi connectivity index (χ2v) is 7.44. The van der Waals surface area contributed by atoms with E-state index in [0.717, 1.165) is 3.97 Å². The van der Waals surface area contributed by atoms with Crippen LogP contribution in [0.15, 0.2) is 29.4 Å². The number of rotatable bonds is 3. The van der Waals surface area contributed by atoms with Gasteiger partial charge in [-0.1, -0.05) is 48.7 Å². The number of aromatic nitrogens is 2. The lowest BCUT2D eigenvalue weighted by Gasteiger charge is -2.13. The van der Waals surface area contributed by atoms with Gasteiger partial charge in [0, 0.05) is 18.3 Å². The Labute approximate surface area is 132 Å². The molecule has 0 bridgehead atoms. The van der Waals surface area contributed by atoms with Gasteiger partial charge in [-0.2, -0.15) is 0 Å². The summed E-state index contributed by atoms with van der Waals surface area (Å²) in [6.45, 7) is 3.70. The number of hydrogen-bond acceptors (Lipinski definition) is 3. The van der Waals surface area contributed by atoms with Gasteiger partial charge in [-0.15, -0.1) is 0 Å². The Kier molecular flexibility index (Phi) is 4.35. The van der Waals surface area contributed by atoms with Crippen LogP contribution >= 0.6 is 34.8 Å². The molecule has 0 spiro atoms. The highest BCUT2D eigenvalue weighted by atomic mass is 35.5. The van der Waals surface area contributed by atoms with E-state index in [1.807, 2.05) is 13.8 Å². The Morgan fingerprint density at radius 1 is 1.10 bits per heavy atom. The second-order valence-electron chi connectivity index (χ2n) is 4.44. The fourth-order valence-corrected chi connectivity index (χ4v) is 4.13. The molecule has 0 fully saturated rings. The standard InChI is InChI=1S/C12H11Cl3N2O2S/c1-7(2)12-16-3-4-17(12)20(18,19)11-6-9(14)8(13)5-10(11)15/h3-7H,1-2H3. The summed E-state index contributed by atoms with van der Waals surface area (Å²) in [6.07, 6.45) is 2.81. The van der Waals surface area contributed by atoms with E-state index in [9.17, 15) is 8.42 Å². The van der Waals surface area contributed by atoms with Gasteiger partial charge in [-0.3, -0.25) is 0 Å². The number of halogens is 3. The highest BCUT2D eigenvalue weighted by Gasteiger charge is 2.25. The quantitative estimate of drug-likeness (QED) is 0.777. The van der Waals surface area contributed by atoms with E-state index >= 15 is 0 Å². The van der Waals surface area contributed by atoms with Crippen LogP contribution in [0, 0.1) is 0 Å². The summed E-state index contributed by atoms with van der Waals surface area (Å²) >= 11 is 17.7. The van der Waals surface area contributed by atoms with Crippen molar-refractivity contribution >= 4 is 44.8 Å². The van der Waals surface area contributed by atoms with Crippen LogP contribution in [0.2, 0.25) is 15.1 Å². The summed E-state index contributed by atoms with van der Waals surface area (Å²) in [4.78, 5) is 3.96. The second kappa shape index (κ2) is 5.56. The summed E-state index contributed by atoms with van der Waals surface area (Å²) in [6, 6.07) is 2.55. The van der Waals surface area contributed by atoms with Crippen LogP contribution in [-0.4, -0.2) is 17.4 Å². The smallest absolute Gasteiger partial charge is 0.240 e. The van der Waals surface area contributed by atoms with Crippen molar-refractivity contribution in [2.75, 3.05) is 0 Å². The van der Waals surface area contributed by atoms with E-state index in [2.05, 4.69) is 4.98 Å². The van der Waals surface area contributed by atoms with Gasteiger partial charge in [-0.05, 0) is 12.1 Å². The van der Waals surface area contributed by atoms with Crippen LogP contribution < -0.4 is 0 Å². The molecule has 0 radical (unpaired) electrons. The summed E-state index contributed by atoms with van der Waals surface area (Å²) in [5.41, 5.74) is 0. The van der Waals surface area contributed by atoms with Crippen molar-refractivity contribution in [3.05, 3.63) is 45.4 Å². The molecule has 4 nitrogen and oxygen atoms in total. The van der Waals surface area contributed by atoms with Crippen LogP contribution in [0.25, 0.3) is 0 Å². The van der Waals surface area contributed by atoms with Gasteiger partial charge in [0.1, 0.15) is 10.7 Å². The molecule has 0 unspecified atom stereocenters. The Hall–Kier alpha value is -0.750. The number of nitrogens with zero attached hydrogens (tertiary/aromatic N) is 2. The molecule has 0 N–H and O–H groups in total. The van der Waals surface area contributed by atoms with Crippen LogP contribution in [0.4, 0.5) is 0 Å². The average molecular weight is 354 g/mol. The first-order valence-corrected chi connectivity index (χ1v) is 8.26. The zero-order chi connectivity index (χ0) is 15.1. The zero-order valence-electron chi connectivity index (χ0n) is 10.6. The lowest BCUT2D eigenvalue weighted by molar-refractivity contribution is 0.581. The van der Waals surface area contributed by atoms with Crippen LogP contribution in [-0.2, 0) is 10.0 Å². The van der Waals surface area contributed by atoms with Crippen LogP contribution in [0.5, 0.6) is 0 Å². The molecule has 2 aromatic rings. The van der Waals surface area contributed by atoms with Gasteiger partial charge >= 0.3 is 0 Å². The Morgan fingerprint density at radius 2 is 1.70 bits per heavy atom. The Morgan fingerprint density at radius 3 is 2.30 bits per heavy atom. The largest absolute Gasteiger partial charge is 0.270 e. The molecule has 8 heteroatoms. The van der Waals surface area contributed by atoms with Crippen molar-refractivity contribution in [3.63, 3.8) is 0 Å². The molecule has 0 saturated heterocycles. The molecule has 1 aromatic carbocycles. The summed E-state index contributed by atoms with van der Waals surface area (Å²) in [7, 11) is -3.86. The van der Waals surface area contributed by atoms with Crippen LogP contribution in [0.3, 0.4) is 0 Å². The topological polar surface area (TPSA) is 52.0 Å². The fraction of sp³-hybridized carbons (Fsp3) is 0.250. The molecule has 0 aliphatic rings.